The lowest BCUT2D eigenvalue weighted by Gasteiger charge is -2.35. The van der Waals surface area contributed by atoms with Gasteiger partial charge in [0, 0.05) is 58.4 Å². The minimum atomic E-state index is 0.111. The van der Waals surface area contributed by atoms with Crippen LogP contribution in [0.2, 0.25) is 5.02 Å². The monoisotopic (exact) mass is 468 g/mol. The van der Waals surface area contributed by atoms with E-state index in [-0.39, 0.29) is 5.91 Å². The molecule has 1 aromatic carbocycles. The fourth-order valence-corrected chi connectivity index (χ4v) is 4.97. The number of aromatic nitrogens is 4. The number of aryl methyl sites for hydroxylation is 1. The zero-order valence-corrected chi connectivity index (χ0v) is 19.9. The van der Waals surface area contributed by atoms with E-state index < -0.39 is 0 Å². The summed E-state index contributed by atoms with van der Waals surface area (Å²) in [7, 11) is 0. The van der Waals surface area contributed by atoms with Crippen LogP contribution in [0.1, 0.15) is 25.6 Å². The highest BCUT2D eigenvalue weighted by atomic mass is 35.5. The Kier molecular flexibility index (Phi) is 6.21. The van der Waals surface area contributed by atoms with Crippen LogP contribution in [0.4, 0.5) is 5.82 Å². The molecule has 2 aliphatic rings. The molecule has 2 aliphatic heterocycles. The highest BCUT2D eigenvalue weighted by Gasteiger charge is 2.27. The molecule has 0 saturated carbocycles. The van der Waals surface area contributed by atoms with Gasteiger partial charge in [-0.3, -0.25) is 4.79 Å². The summed E-state index contributed by atoms with van der Waals surface area (Å²) in [4.78, 5) is 30.6. The number of amides is 1. The Bertz CT molecular complexity index is 1170. The van der Waals surface area contributed by atoms with E-state index in [9.17, 15) is 4.79 Å². The smallest absolute Gasteiger partial charge is 0.219 e. The molecule has 0 atom stereocenters. The van der Waals surface area contributed by atoms with Crippen molar-refractivity contribution in [2.45, 2.75) is 33.2 Å². The molecule has 0 unspecified atom stereocenters. The molecule has 0 radical (unpaired) electrons. The van der Waals surface area contributed by atoms with Gasteiger partial charge in [-0.2, -0.15) is 0 Å². The minimum Gasteiger partial charge on any atom is -0.381 e. The molecule has 0 N–H and O–H groups in total. The van der Waals surface area contributed by atoms with Crippen LogP contribution in [0, 0.1) is 12.8 Å². The number of imidazole rings is 1. The molecular weight excluding hydrogens is 440 g/mol. The fourth-order valence-electron chi connectivity index (χ4n) is 4.75. The number of nitrogens with zero attached hydrogens (tertiary/aromatic N) is 6. The van der Waals surface area contributed by atoms with E-state index in [1.165, 1.54) is 0 Å². The van der Waals surface area contributed by atoms with Crippen LogP contribution in [0.25, 0.3) is 22.6 Å². The molecule has 174 valence electrons. The van der Waals surface area contributed by atoms with Crippen molar-refractivity contribution in [3.8, 4) is 11.4 Å². The predicted octanol–water partition coefficient (Wildman–Crippen LogP) is 3.55. The minimum absolute atomic E-state index is 0.111. The second kappa shape index (κ2) is 9.27. The molecule has 3 aromatic rings. The molecule has 5 rings (SSSR count). The number of ether oxygens (including phenoxy) is 1. The quantitative estimate of drug-likeness (QED) is 0.582. The number of halogens is 1. The first-order chi connectivity index (χ1) is 16.0. The maximum Gasteiger partial charge on any atom is 0.219 e. The van der Waals surface area contributed by atoms with Gasteiger partial charge in [-0.15, -0.1) is 0 Å². The fraction of sp³-hybridized carbons (Fsp3) is 0.500. The average Bonchev–Trinajstić information content (AvgIpc) is 3.17. The lowest BCUT2D eigenvalue weighted by Crippen LogP contribution is -2.48. The van der Waals surface area contributed by atoms with Gasteiger partial charge in [0.05, 0.1) is 5.02 Å². The second-order valence-electron chi connectivity index (χ2n) is 8.84. The van der Waals surface area contributed by atoms with Gasteiger partial charge in [0.25, 0.3) is 0 Å². The average molecular weight is 469 g/mol. The SMILES string of the molecule is CC(=O)N1CCN(c2nc(C)nc3c2nc(-c2ccccc2Cl)n3CC2CCOCC2)CC1. The van der Waals surface area contributed by atoms with Crippen molar-refractivity contribution in [1.29, 1.82) is 0 Å². The van der Waals surface area contributed by atoms with E-state index in [1.807, 2.05) is 36.1 Å². The summed E-state index contributed by atoms with van der Waals surface area (Å²) in [5.74, 6) is 2.98. The van der Waals surface area contributed by atoms with E-state index in [1.54, 1.807) is 6.92 Å². The van der Waals surface area contributed by atoms with Crippen molar-refractivity contribution in [3.63, 3.8) is 0 Å². The van der Waals surface area contributed by atoms with Crippen molar-refractivity contribution >= 4 is 34.5 Å². The first-order valence-corrected chi connectivity index (χ1v) is 12.0. The molecular formula is C24H29ClN6O2. The molecule has 2 saturated heterocycles. The molecule has 0 spiro atoms. The summed E-state index contributed by atoms with van der Waals surface area (Å²) in [5, 5.41) is 0.669. The standard InChI is InChI=1S/C24H29ClN6O2/c1-16-26-23(30-11-9-29(10-12-30)17(2)32)21-24(27-16)31(15-18-7-13-33-14-8-18)22(28-21)19-5-3-4-6-20(19)25/h3-6,18H,7-15H2,1-2H3. The number of carbonyl (C=O) groups excluding carboxylic acids is 1. The van der Waals surface area contributed by atoms with Gasteiger partial charge >= 0.3 is 0 Å². The van der Waals surface area contributed by atoms with Crippen molar-refractivity contribution < 1.29 is 9.53 Å². The number of rotatable bonds is 4. The van der Waals surface area contributed by atoms with Crippen LogP contribution in [-0.4, -0.2) is 69.7 Å². The van der Waals surface area contributed by atoms with E-state index in [0.717, 1.165) is 74.1 Å². The first kappa shape index (κ1) is 22.1. The molecule has 0 aliphatic carbocycles. The number of hydrogen-bond donors (Lipinski definition) is 0. The van der Waals surface area contributed by atoms with Crippen molar-refractivity contribution in [2.24, 2.45) is 5.92 Å². The zero-order chi connectivity index (χ0) is 22.9. The van der Waals surface area contributed by atoms with E-state index in [0.29, 0.717) is 29.9 Å². The largest absolute Gasteiger partial charge is 0.381 e. The van der Waals surface area contributed by atoms with E-state index >= 15 is 0 Å². The summed E-state index contributed by atoms with van der Waals surface area (Å²) in [6, 6.07) is 7.82. The number of carbonyl (C=O) groups is 1. The van der Waals surface area contributed by atoms with Gasteiger partial charge in [-0.1, -0.05) is 23.7 Å². The Balaban J connectivity index is 1.61. The third-order valence-corrected chi connectivity index (χ3v) is 6.94. The normalized spacial score (nSPS) is 17.7. The lowest BCUT2D eigenvalue weighted by atomic mass is 10.00. The Hall–Kier alpha value is -2.71. The van der Waals surface area contributed by atoms with E-state index in [2.05, 4.69) is 9.47 Å². The summed E-state index contributed by atoms with van der Waals surface area (Å²) >= 11 is 6.61. The topological polar surface area (TPSA) is 76.4 Å². The van der Waals surface area contributed by atoms with Crippen molar-refractivity contribution in [1.82, 2.24) is 24.4 Å². The summed E-state index contributed by atoms with van der Waals surface area (Å²) in [5.41, 5.74) is 2.53. The molecule has 1 amide bonds. The maximum absolute atomic E-state index is 11.8. The Morgan fingerprint density at radius 1 is 1.09 bits per heavy atom. The summed E-state index contributed by atoms with van der Waals surface area (Å²) in [6.45, 7) is 8.75. The van der Waals surface area contributed by atoms with Gasteiger partial charge in [0.15, 0.2) is 17.0 Å². The van der Waals surface area contributed by atoms with Crippen molar-refractivity contribution in [3.05, 3.63) is 35.1 Å². The van der Waals surface area contributed by atoms with Crippen molar-refractivity contribution in [2.75, 3.05) is 44.3 Å². The van der Waals surface area contributed by atoms with Gasteiger partial charge in [0.1, 0.15) is 11.6 Å². The molecule has 33 heavy (non-hydrogen) atoms. The molecule has 0 bridgehead atoms. The van der Waals surface area contributed by atoms with Crippen LogP contribution in [0.5, 0.6) is 0 Å². The van der Waals surface area contributed by atoms with Crippen LogP contribution < -0.4 is 4.90 Å². The molecule has 4 heterocycles. The Morgan fingerprint density at radius 2 is 1.82 bits per heavy atom. The van der Waals surface area contributed by atoms with Gasteiger partial charge in [-0.25, -0.2) is 15.0 Å². The first-order valence-electron chi connectivity index (χ1n) is 11.6. The van der Waals surface area contributed by atoms with Crippen LogP contribution in [0.3, 0.4) is 0 Å². The Morgan fingerprint density at radius 3 is 2.52 bits per heavy atom. The third kappa shape index (κ3) is 4.42. The number of hydrogen-bond acceptors (Lipinski definition) is 6. The zero-order valence-electron chi connectivity index (χ0n) is 19.1. The number of benzene rings is 1. The van der Waals surface area contributed by atoms with Gasteiger partial charge < -0.3 is 19.1 Å². The molecule has 2 aromatic heterocycles. The number of fused-ring (bicyclic) bond motifs is 1. The molecule has 2 fully saturated rings. The second-order valence-corrected chi connectivity index (χ2v) is 9.25. The van der Waals surface area contributed by atoms with Gasteiger partial charge in [-0.05, 0) is 37.8 Å². The number of anilines is 1. The van der Waals surface area contributed by atoms with Crippen LogP contribution in [-0.2, 0) is 16.1 Å². The lowest BCUT2D eigenvalue weighted by molar-refractivity contribution is -0.129. The van der Waals surface area contributed by atoms with E-state index in [4.69, 9.17) is 31.3 Å². The van der Waals surface area contributed by atoms with Crippen LogP contribution >= 0.6 is 11.6 Å². The maximum atomic E-state index is 11.8. The number of piperazine rings is 1. The summed E-state index contributed by atoms with van der Waals surface area (Å²) < 4.78 is 7.80. The third-order valence-electron chi connectivity index (χ3n) is 6.61. The predicted molar refractivity (Wildman–Crippen MR) is 129 cm³/mol. The van der Waals surface area contributed by atoms with Gasteiger partial charge in [0.2, 0.25) is 5.91 Å². The molecule has 9 heteroatoms. The molecule has 8 nitrogen and oxygen atoms in total. The highest BCUT2D eigenvalue weighted by Crippen LogP contribution is 2.34. The highest BCUT2D eigenvalue weighted by molar-refractivity contribution is 6.33. The summed E-state index contributed by atoms with van der Waals surface area (Å²) in [6.07, 6.45) is 2.04. The Labute approximate surface area is 198 Å². The van der Waals surface area contributed by atoms with Crippen LogP contribution in [0.15, 0.2) is 24.3 Å².